The summed E-state index contributed by atoms with van der Waals surface area (Å²) >= 11 is 2.94. The molecule has 39 heavy (non-hydrogen) atoms. The topological polar surface area (TPSA) is 75.0 Å². The molecule has 4 aromatic rings. The van der Waals surface area contributed by atoms with E-state index in [1.807, 2.05) is 0 Å². The van der Waals surface area contributed by atoms with Crippen LogP contribution < -0.4 is 4.31 Å². The van der Waals surface area contributed by atoms with Crippen molar-refractivity contribution in [3.05, 3.63) is 87.3 Å². The van der Waals surface area contributed by atoms with Gasteiger partial charge >= 0.3 is 0 Å². The van der Waals surface area contributed by atoms with Crippen molar-refractivity contribution in [3.63, 3.8) is 0 Å². The van der Waals surface area contributed by atoms with E-state index in [9.17, 15) is 26.4 Å². The van der Waals surface area contributed by atoms with Crippen molar-refractivity contribution < 1.29 is 26.4 Å². The van der Waals surface area contributed by atoms with Gasteiger partial charge in [-0.25, -0.2) is 26.1 Å². The van der Waals surface area contributed by atoms with Gasteiger partial charge in [-0.2, -0.15) is 5.10 Å². The van der Waals surface area contributed by atoms with E-state index in [-0.39, 0.29) is 33.1 Å². The van der Waals surface area contributed by atoms with E-state index in [2.05, 4.69) is 21.0 Å². The average molecular weight is 621 g/mol. The number of benzene rings is 2. The van der Waals surface area contributed by atoms with Crippen molar-refractivity contribution in [2.24, 2.45) is 0 Å². The van der Waals surface area contributed by atoms with Crippen molar-refractivity contribution in [2.75, 3.05) is 24.7 Å². The maximum absolute atomic E-state index is 14.8. The highest BCUT2D eigenvalue weighted by Crippen LogP contribution is 2.46. The number of carbonyl (C=O) groups excluding carboxylic acids is 1. The number of anilines is 1. The standard InChI is InChI=1S/C27H24BrF3N4O3S/c1-33(2)27(36)23-21-12-19(15-4-5-15)22(14-34(21)32-26(23)16-6-9-18(29)10-7-16)35(39(3,37)38)13-17-8-11-20(28)25(31)24(17)30/h6-12,14-15H,4-5,13H2,1-3H3. The van der Waals surface area contributed by atoms with Crippen molar-refractivity contribution >= 4 is 43.1 Å². The lowest BCUT2D eigenvalue weighted by Crippen LogP contribution is -2.31. The van der Waals surface area contributed by atoms with Crippen molar-refractivity contribution in [2.45, 2.75) is 25.3 Å². The number of halogens is 4. The fourth-order valence-electron chi connectivity index (χ4n) is 4.49. The zero-order chi connectivity index (χ0) is 28.2. The Kier molecular flexibility index (Phi) is 6.96. The normalized spacial score (nSPS) is 13.6. The lowest BCUT2D eigenvalue weighted by molar-refractivity contribution is 0.0830. The number of pyridine rings is 1. The predicted molar refractivity (Wildman–Crippen MR) is 146 cm³/mol. The molecule has 7 nitrogen and oxygen atoms in total. The summed E-state index contributed by atoms with van der Waals surface area (Å²) in [6.45, 7) is -0.449. The highest BCUT2D eigenvalue weighted by Gasteiger charge is 2.33. The third-order valence-electron chi connectivity index (χ3n) is 6.63. The first-order valence-electron chi connectivity index (χ1n) is 12.0. The first kappa shape index (κ1) is 27.2. The Morgan fingerprint density at radius 3 is 2.33 bits per heavy atom. The van der Waals surface area contributed by atoms with E-state index in [1.165, 1.54) is 52.0 Å². The molecule has 204 valence electrons. The minimum atomic E-state index is -3.97. The summed E-state index contributed by atoms with van der Waals surface area (Å²) in [6, 6.07) is 9.94. The van der Waals surface area contributed by atoms with Gasteiger partial charge in [0.1, 0.15) is 11.5 Å². The molecule has 0 radical (unpaired) electrons. The molecule has 1 saturated carbocycles. The molecule has 2 aromatic heterocycles. The number of hydrogen-bond acceptors (Lipinski definition) is 4. The largest absolute Gasteiger partial charge is 0.345 e. The van der Waals surface area contributed by atoms with Gasteiger partial charge < -0.3 is 4.90 Å². The first-order valence-corrected chi connectivity index (χ1v) is 14.6. The lowest BCUT2D eigenvalue weighted by atomic mass is 10.0. The van der Waals surface area contributed by atoms with Gasteiger partial charge in [0.05, 0.1) is 40.2 Å². The number of fused-ring (bicyclic) bond motifs is 1. The summed E-state index contributed by atoms with van der Waals surface area (Å²) in [6.07, 6.45) is 4.10. The molecule has 0 unspecified atom stereocenters. The summed E-state index contributed by atoms with van der Waals surface area (Å²) in [5.74, 6) is -3.01. The first-order chi connectivity index (χ1) is 18.4. The van der Waals surface area contributed by atoms with Gasteiger partial charge in [-0.1, -0.05) is 6.07 Å². The number of aromatic nitrogens is 2. The molecule has 2 heterocycles. The molecule has 1 fully saturated rings. The van der Waals surface area contributed by atoms with Crippen LogP contribution in [-0.4, -0.2) is 49.2 Å². The molecule has 0 spiro atoms. The zero-order valence-electron chi connectivity index (χ0n) is 21.3. The second-order valence-corrected chi connectivity index (χ2v) is 12.5. The third kappa shape index (κ3) is 5.14. The van der Waals surface area contributed by atoms with Gasteiger partial charge in [-0.05, 0) is 76.7 Å². The van der Waals surface area contributed by atoms with Gasteiger partial charge in [0.2, 0.25) is 10.0 Å². The van der Waals surface area contributed by atoms with Gasteiger partial charge in [0, 0.05) is 25.2 Å². The molecule has 12 heteroatoms. The highest BCUT2D eigenvalue weighted by molar-refractivity contribution is 9.10. The molecule has 1 aliphatic rings. The molecular weight excluding hydrogens is 597 g/mol. The van der Waals surface area contributed by atoms with Gasteiger partial charge in [-0.3, -0.25) is 9.10 Å². The maximum Gasteiger partial charge on any atom is 0.257 e. The summed E-state index contributed by atoms with van der Waals surface area (Å²) in [4.78, 5) is 14.7. The fourth-order valence-corrected chi connectivity index (χ4v) is 5.68. The molecule has 0 atom stereocenters. The molecule has 0 N–H and O–H groups in total. The molecule has 1 amide bonds. The van der Waals surface area contributed by atoms with Gasteiger partial charge in [0.25, 0.3) is 5.91 Å². The minimum Gasteiger partial charge on any atom is -0.345 e. The van der Waals surface area contributed by atoms with Crippen LogP contribution in [0.4, 0.5) is 18.9 Å². The van der Waals surface area contributed by atoms with Crippen molar-refractivity contribution in [1.82, 2.24) is 14.5 Å². The molecule has 2 aromatic carbocycles. The van der Waals surface area contributed by atoms with E-state index in [0.717, 1.165) is 23.4 Å². The number of carbonyl (C=O) groups is 1. The second kappa shape index (κ2) is 9.98. The van der Waals surface area contributed by atoms with E-state index in [1.54, 1.807) is 20.2 Å². The van der Waals surface area contributed by atoms with Crippen LogP contribution in [0.5, 0.6) is 0 Å². The summed E-state index contributed by atoms with van der Waals surface area (Å²) < 4.78 is 71.1. The molecule has 5 rings (SSSR count). The predicted octanol–water partition coefficient (Wildman–Crippen LogP) is 5.73. The van der Waals surface area contributed by atoms with Crippen LogP contribution in [0.2, 0.25) is 0 Å². The number of hydrogen-bond donors (Lipinski definition) is 0. The Hall–Kier alpha value is -3.38. The molecule has 0 bridgehead atoms. The number of nitrogens with zero attached hydrogens (tertiary/aromatic N) is 4. The molecule has 1 aliphatic carbocycles. The SMILES string of the molecule is CN(C)C(=O)c1c(-c2ccc(F)cc2)nn2cc(N(Cc3ccc(Br)c(F)c3F)S(C)(=O)=O)c(C3CC3)cc12. The van der Waals surface area contributed by atoms with Crippen molar-refractivity contribution in [1.29, 1.82) is 0 Å². The third-order valence-corrected chi connectivity index (χ3v) is 8.37. The maximum atomic E-state index is 14.8. The number of rotatable bonds is 7. The number of sulfonamides is 1. The van der Waals surface area contributed by atoms with Gasteiger partial charge in [0.15, 0.2) is 11.6 Å². The fraction of sp³-hybridized carbons (Fsp3) is 0.259. The second-order valence-electron chi connectivity index (χ2n) is 9.75. The van der Waals surface area contributed by atoms with Crippen LogP contribution >= 0.6 is 15.9 Å². The smallest absolute Gasteiger partial charge is 0.257 e. The molecule has 0 aliphatic heterocycles. The Balaban J connectivity index is 1.74. The molecular formula is C27H24BrF3N4O3S. The highest BCUT2D eigenvalue weighted by atomic mass is 79.9. The van der Waals surface area contributed by atoms with Crippen LogP contribution in [0.25, 0.3) is 16.8 Å². The van der Waals surface area contributed by atoms with Crippen LogP contribution in [0.3, 0.4) is 0 Å². The van der Waals surface area contributed by atoms with Crippen LogP contribution in [-0.2, 0) is 16.6 Å². The monoisotopic (exact) mass is 620 g/mol. The van der Waals surface area contributed by atoms with E-state index >= 15 is 0 Å². The Morgan fingerprint density at radius 1 is 1.08 bits per heavy atom. The van der Waals surface area contributed by atoms with Crippen LogP contribution in [0.15, 0.2) is 53.1 Å². The quantitative estimate of drug-likeness (QED) is 0.247. The van der Waals surface area contributed by atoms with E-state index in [4.69, 9.17) is 0 Å². The molecule has 0 saturated heterocycles. The minimum absolute atomic E-state index is 0.0206. The Labute approximate surface area is 232 Å². The average Bonchev–Trinajstić information content (AvgIpc) is 3.66. The summed E-state index contributed by atoms with van der Waals surface area (Å²) in [5.41, 5.74) is 2.32. The van der Waals surface area contributed by atoms with Crippen molar-refractivity contribution in [3.8, 4) is 11.3 Å². The van der Waals surface area contributed by atoms with Crippen LogP contribution in [0.1, 0.15) is 40.2 Å². The Morgan fingerprint density at radius 2 is 1.74 bits per heavy atom. The van der Waals surface area contributed by atoms with E-state index in [0.29, 0.717) is 22.3 Å². The van der Waals surface area contributed by atoms with E-state index < -0.39 is 34.0 Å². The summed E-state index contributed by atoms with van der Waals surface area (Å²) in [7, 11) is -0.758. The zero-order valence-corrected chi connectivity index (χ0v) is 23.7. The summed E-state index contributed by atoms with van der Waals surface area (Å²) in [5, 5.41) is 4.60. The van der Waals surface area contributed by atoms with Gasteiger partial charge in [-0.15, -0.1) is 0 Å². The lowest BCUT2D eigenvalue weighted by Gasteiger charge is -2.25. The van der Waals surface area contributed by atoms with Crippen LogP contribution in [0, 0.1) is 17.5 Å². The Bertz CT molecular complexity index is 1720. The number of amides is 1.